The Labute approximate surface area is 125 Å². The molecule has 110 valence electrons. The molecule has 1 N–H and O–H groups in total. The summed E-state index contributed by atoms with van der Waals surface area (Å²) in [5.41, 5.74) is 1.19. The molecule has 1 aromatic rings. The van der Waals surface area contributed by atoms with Crippen LogP contribution in [0, 0.1) is 0 Å². The number of aliphatic hydroxyl groups is 1. The maximum absolute atomic E-state index is 10.1. The fourth-order valence-electron chi connectivity index (χ4n) is 3.45. The van der Waals surface area contributed by atoms with E-state index in [4.69, 9.17) is 16.3 Å². The minimum absolute atomic E-state index is 0.169. The van der Waals surface area contributed by atoms with Crippen LogP contribution < -0.4 is 4.74 Å². The first-order valence-electron chi connectivity index (χ1n) is 7.47. The Morgan fingerprint density at radius 3 is 2.95 bits per heavy atom. The zero-order valence-corrected chi connectivity index (χ0v) is 12.6. The lowest BCUT2D eigenvalue weighted by Gasteiger charge is -2.36. The molecule has 4 heteroatoms. The summed E-state index contributed by atoms with van der Waals surface area (Å²) in [6.45, 7) is 0.855. The Kier molecular flexibility index (Phi) is 4.20. The molecular formula is C16H22ClNO2. The second-order valence-electron chi connectivity index (χ2n) is 6.05. The lowest BCUT2D eigenvalue weighted by Crippen LogP contribution is -2.46. The van der Waals surface area contributed by atoms with E-state index in [0.29, 0.717) is 0 Å². The smallest absolute Gasteiger partial charge is 0.123 e. The van der Waals surface area contributed by atoms with Crippen molar-refractivity contribution in [1.29, 1.82) is 0 Å². The number of aliphatic hydroxyl groups excluding tert-OH is 1. The topological polar surface area (TPSA) is 32.7 Å². The van der Waals surface area contributed by atoms with Crippen molar-refractivity contribution in [2.24, 2.45) is 0 Å². The first kappa shape index (κ1) is 14.2. The molecule has 0 aromatic heterocycles. The number of ether oxygens (including phenoxy) is 1. The van der Waals surface area contributed by atoms with Crippen LogP contribution in [0.15, 0.2) is 18.2 Å². The van der Waals surface area contributed by atoms with Crippen LogP contribution in [0.2, 0.25) is 5.02 Å². The van der Waals surface area contributed by atoms with Crippen molar-refractivity contribution >= 4 is 11.6 Å². The lowest BCUT2D eigenvalue weighted by atomic mass is 9.91. The third-order valence-corrected chi connectivity index (χ3v) is 4.75. The number of hydrogen-bond donors (Lipinski definition) is 1. The zero-order valence-electron chi connectivity index (χ0n) is 11.9. The van der Waals surface area contributed by atoms with Crippen LogP contribution in [0.4, 0.5) is 0 Å². The molecule has 0 radical (unpaired) electrons. The van der Waals surface area contributed by atoms with Crippen molar-refractivity contribution in [2.75, 3.05) is 13.6 Å². The average Bonchev–Trinajstić information content (AvgIpc) is 2.80. The van der Waals surface area contributed by atoms with Crippen molar-refractivity contribution in [1.82, 2.24) is 4.90 Å². The first-order valence-corrected chi connectivity index (χ1v) is 7.84. The third-order valence-electron chi connectivity index (χ3n) is 4.52. The van der Waals surface area contributed by atoms with Crippen molar-refractivity contribution < 1.29 is 9.84 Å². The van der Waals surface area contributed by atoms with E-state index < -0.39 is 0 Å². The molecule has 20 heavy (non-hydrogen) atoms. The largest absolute Gasteiger partial charge is 0.488 e. The highest BCUT2D eigenvalue weighted by Crippen LogP contribution is 2.32. The molecule has 1 aromatic carbocycles. The van der Waals surface area contributed by atoms with Crippen molar-refractivity contribution in [3.63, 3.8) is 0 Å². The minimum Gasteiger partial charge on any atom is -0.488 e. The highest BCUT2D eigenvalue weighted by Gasteiger charge is 2.30. The number of fused-ring (bicyclic) bond motifs is 1. The molecule has 3 nitrogen and oxygen atoms in total. The van der Waals surface area contributed by atoms with Crippen molar-refractivity contribution in [2.45, 2.75) is 50.4 Å². The maximum Gasteiger partial charge on any atom is 0.123 e. The zero-order chi connectivity index (χ0) is 14.1. The summed E-state index contributed by atoms with van der Waals surface area (Å²) < 4.78 is 5.98. The molecule has 0 bridgehead atoms. The molecule has 0 amide bonds. The summed E-state index contributed by atoms with van der Waals surface area (Å²) in [7, 11) is 2.10. The van der Waals surface area contributed by atoms with Crippen molar-refractivity contribution in [3.05, 3.63) is 28.8 Å². The van der Waals surface area contributed by atoms with E-state index in [2.05, 4.69) is 11.9 Å². The summed E-state index contributed by atoms with van der Waals surface area (Å²) in [6.07, 6.45) is 5.26. The van der Waals surface area contributed by atoms with Gasteiger partial charge in [0, 0.05) is 24.0 Å². The Balaban J connectivity index is 1.59. The van der Waals surface area contributed by atoms with Gasteiger partial charge in [-0.2, -0.15) is 0 Å². The number of hydrogen-bond acceptors (Lipinski definition) is 3. The van der Waals surface area contributed by atoms with Gasteiger partial charge in [-0.3, -0.25) is 4.90 Å². The predicted octanol–water partition coefficient (Wildman–Crippen LogP) is 2.88. The fourth-order valence-corrected chi connectivity index (χ4v) is 3.65. The average molecular weight is 296 g/mol. The molecular weight excluding hydrogens is 274 g/mol. The Morgan fingerprint density at radius 1 is 1.35 bits per heavy atom. The molecule has 3 unspecified atom stereocenters. The monoisotopic (exact) mass is 295 g/mol. The van der Waals surface area contributed by atoms with E-state index in [1.54, 1.807) is 0 Å². The molecule has 2 aliphatic rings. The van der Waals surface area contributed by atoms with Crippen LogP contribution in [-0.4, -0.2) is 41.8 Å². The van der Waals surface area contributed by atoms with Gasteiger partial charge in [-0.05, 0) is 43.7 Å². The van der Waals surface area contributed by atoms with Gasteiger partial charge in [0.2, 0.25) is 0 Å². The quantitative estimate of drug-likeness (QED) is 0.931. The second-order valence-corrected chi connectivity index (χ2v) is 6.49. The fraction of sp³-hybridized carbons (Fsp3) is 0.625. The summed E-state index contributed by atoms with van der Waals surface area (Å²) >= 11 is 6.02. The molecule has 1 saturated carbocycles. The molecule has 1 aliphatic heterocycles. The molecule has 1 heterocycles. The molecule has 1 aliphatic carbocycles. The summed E-state index contributed by atoms with van der Waals surface area (Å²) in [5, 5.41) is 10.9. The standard InChI is InChI=1S/C16H22ClNO2/c1-18(14-4-2-3-5-15(14)19)10-13-9-11-8-12(17)6-7-16(11)20-13/h6-8,13-15,19H,2-5,9-10H2,1H3. The highest BCUT2D eigenvalue weighted by molar-refractivity contribution is 6.30. The Hall–Kier alpha value is -0.770. The minimum atomic E-state index is -0.188. The van der Waals surface area contributed by atoms with Crippen LogP contribution in [-0.2, 0) is 6.42 Å². The van der Waals surface area contributed by atoms with Gasteiger partial charge in [0.1, 0.15) is 11.9 Å². The van der Waals surface area contributed by atoms with Crippen molar-refractivity contribution in [3.8, 4) is 5.75 Å². The summed E-state index contributed by atoms with van der Waals surface area (Å²) in [5.74, 6) is 0.956. The summed E-state index contributed by atoms with van der Waals surface area (Å²) in [6, 6.07) is 6.09. The second kappa shape index (κ2) is 5.92. The van der Waals surface area contributed by atoms with E-state index in [1.165, 1.54) is 12.0 Å². The number of likely N-dealkylation sites (N-methyl/N-ethyl adjacent to an activating group) is 1. The van der Waals surface area contributed by atoms with Gasteiger partial charge in [0.15, 0.2) is 0 Å². The van der Waals surface area contributed by atoms with Gasteiger partial charge in [-0.1, -0.05) is 24.4 Å². The molecule has 0 spiro atoms. The first-order chi connectivity index (χ1) is 9.63. The van der Waals surface area contributed by atoms with E-state index in [9.17, 15) is 5.11 Å². The predicted molar refractivity (Wildman–Crippen MR) is 80.5 cm³/mol. The molecule has 3 rings (SSSR count). The van der Waals surface area contributed by atoms with Crippen LogP contribution in [0.5, 0.6) is 5.75 Å². The van der Waals surface area contributed by atoms with Crippen LogP contribution >= 0.6 is 11.6 Å². The maximum atomic E-state index is 10.1. The van der Waals surface area contributed by atoms with Crippen LogP contribution in [0.25, 0.3) is 0 Å². The van der Waals surface area contributed by atoms with E-state index in [-0.39, 0.29) is 18.2 Å². The number of rotatable bonds is 3. The normalized spacial score (nSPS) is 29.3. The highest BCUT2D eigenvalue weighted by atomic mass is 35.5. The molecule has 1 fully saturated rings. The van der Waals surface area contributed by atoms with E-state index >= 15 is 0 Å². The van der Waals surface area contributed by atoms with Crippen LogP contribution in [0.3, 0.4) is 0 Å². The van der Waals surface area contributed by atoms with E-state index in [0.717, 1.165) is 43.0 Å². The number of halogens is 1. The van der Waals surface area contributed by atoms with Gasteiger partial charge < -0.3 is 9.84 Å². The molecule has 0 saturated heterocycles. The Bertz CT molecular complexity index is 480. The van der Waals surface area contributed by atoms with Gasteiger partial charge in [0.25, 0.3) is 0 Å². The Morgan fingerprint density at radius 2 is 2.15 bits per heavy atom. The van der Waals surface area contributed by atoms with E-state index in [1.807, 2.05) is 18.2 Å². The third kappa shape index (κ3) is 2.95. The number of benzene rings is 1. The number of nitrogens with zero attached hydrogens (tertiary/aromatic N) is 1. The van der Waals surface area contributed by atoms with Gasteiger partial charge >= 0.3 is 0 Å². The van der Waals surface area contributed by atoms with Gasteiger partial charge in [0.05, 0.1) is 6.10 Å². The van der Waals surface area contributed by atoms with Gasteiger partial charge in [-0.25, -0.2) is 0 Å². The summed E-state index contributed by atoms with van der Waals surface area (Å²) in [4.78, 5) is 2.27. The van der Waals surface area contributed by atoms with Gasteiger partial charge in [-0.15, -0.1) is 0 Å². The molecule has 3 atom stereocenters. The lowest BCUT2D eigenvalue weighted by molar-refractivity contribution is 0.0182. The SMILES string of the molecule is CN(CC1Cc2cc(Cl)ccc2O1)C1CCCCC1O. The van der Waals surface area contributed by atoms with Crippen LogP contribution in [0.1, 0.15) is 31.2 Å².